The number of amides is 1. The molecule has 1 saturated heterocycles. The van der Waals surface area contributed by atoms with Crippen LogP contribution in [0.5, 0.6) is 11.5 Å². The number of Topliss-reactive ketones (excluding diaryl/α,β-unsaturated/α-hetero) is 1. The summed E-state index contributed by atoms with van der Waals surface area (Å²) in [5, 5.41) is 11.1. The monoisotopic (exact) mass is 457 g/mol. The van der Waals surface area contributed by atoms with Crippen LogP contribution in [0.25, 0.3) is 5.76 Å². The van der Waals surface area contributed by atoms with Crippen LogP contribution in [0.3, 0.4) is 0 Å². The second-order valence-electron chi connectivity index (χ2n) is 8.51. The average Bonchev–Trinajstić information content (AvgIpc) is 3.13. The van der Waals surface area contributed by atoms with Gasteiger partial charge in [-0.1, -0.05) is 56.3 Å². The van der Waals surface area contributed by atoms with Crippen molar-refractivity contribution in [1.29, 1.82) is 0 Å². The average molecular weight is 458 g/mol. The van der Waals surface area contributed by atoms with Gasteiger partial charge in [0.1, 0.15) is 17.3 Å². The van der Waals surface area contributed by atoms with E-state index in [0.29, 0.717) is 40.8 Å². The fraction of sp³-hybridized carbons (Fsp3) is 0.214. The Balaban J connectivity index is 1.81. The van der Waals surface area contributed by atoms with Gasteiger partial charge < -0.3 is 14.6 Å². The Bertz CT molecular complexity index is 1200. The smallest absolute Gasteiger partial charge is 0.300 e. The molecule has 3 aromatic rings. The molecule has 34 heavy (non-hydrogen) atoms. The number of hydrogen-bond acceptors (Lipinski definition) is 5. The summed E-state index contributed by atoms with van der Waals surface area (Å²) >= 11 is 0. The summed E-state index contributed by atoms with van der Waals surface area (Å²) in [6.07, 6.45) is 0. The van der Waals surface area contributed by atoms with E-state index >= 15 is 0 Å². The fourth-order valence-electron chi connectivity index (χ4n) is 3.92. The third-order valence-corrected chi connectivity index (χ3v) is 5.62. The predicted octanol–water partition coefficient (Wildman–Crippen LogP) is 5.36. The minimum Gasteiger partial charge on any atom is -0.507 e. The SMILES string of the molecule is COc1ccc(C2/C(=C(\O)c3ccccc3)C(=O)C(=O)N2c2ccc(OCC(C)C)cc2)cc1. The molecule has 0 spiro atoms. The highest BCUT2D eigenvalue weighted by Crippen LogP contribution is 2.42. The van der Waals surface area contributed by atoms with Crippen LogP contribution < -0.4 is 14.4 Å². The largest absolute Gasteiger partial charge is 0.507 e. The lowest BCUT2D eigenvalue weighted by molar-refractivity contribution is -0.132. The molecule has 6 nitrogen and oxygen atoms in total. The zero-order valence-corrected chi connectivity index (χ0v) is 19.4. The second kappa shape index (κ2) is 9.83. The third kappa shape index (κ3) is 4.53. The Morgan fingerprint density at radius 3 is 2.12 bits per heavy atom. The molecule has 1 atom stereocenters. The number of aliphatic hydroxyl groups is 1. The minimum absolute atomic E-state index is 0.0431. The summed E-state index contributed by atoms with van der Waals surface area (Å²) in [5.74, 6) is 0.0657. The van der Waals surface area contributed by atoms with Gasteiger partial charge in [0.2, 0.25) is 0 Å². The highest BCUT2D eigenvalue weighted by molar-refractivity contribution is 6.51. The van der Waals surface area contributed by atoms with E-state index in [1.54, 1.807) is 79.9 Å². The first-order valence-corrected chi connectivity index (χ1v) is 11.1. The number of hydrogen-bond donors (Lipinski definition) is 1. The molecule has 1 fully saturated rings. The van der Waals surface area contributed by atoms with E-state index in [-0.39, 0.29) is 11.3 Å². The van der Waals surface area contributed by atoms with E-state index in [9.17, 15) is 14.7 Å². The summed E-state index contributed by atoms with van der Waals surface area (Å²) in [6.45, 7) is 4.71. The van der Waals surface area contributed by atoms with E-state index in [1.807, 2.05) is 6.07 Å². The van der Waals surface area contributed by atoms with Gasteiger partial charge in [0.25, 0.3) is 11.7 Å². The van der Waals surface area contributed by atoms with Crippen molar-refractivity contribution < 1.29 is 24.2 Å². The van der Waals surface area contributed by atoms with Crippen molar-refractivity contribution in [3.63, 3.8) is 0 Å². The van der Waals surface area contributed by atoms with Crippen LogP contribution in [-0.2, 0) is 9.59 Å². The van der Waals surface area contributed by atoms with Gasteiger partial charge in [0.05, 0.1) is 25.3 Å². The first-order valence-electron chi connectivity index (χ1n) is 11.1. The van der Waals surface area contributed by atoms with Gasteiger partial charge in [-0.3, -0.25) is 14.5 Å². The molecule has 1 N–H and O–H groups in total. The molecule has 1 aliphatic rings. The fourth-order valence-corrected chi connectivity index (χ4v) is 3.92. The maximum absolute atomic E-state index is 13.2. The van der Waals surface area contributed by atoms with Crippen molar-refractivity contribution in [1.82, 2.24) is 0 Å². The number of benzene rings is 3. The van der Waals surface area contributed by atoms with E-state index in [0.717, 1.165) is 0 Å². The molecular formula is C28H27NO5. The maximum atomic E-state index is 13.2. The number of aliphatic hydroxyl groups excluding tert-OH is 1. The van der Waals surface area contributed by atoms with Gasteiger partial charge in [0, 0.05) is 11.3 Å². The molecular weight excluding hydrogens is 430 g/mol. The Labute approximate surface area is 199 Å². The van der Waals surface area contributed by atoms with Crippen molar-refractivity contribution >= 4 is 23.1 Å². The third-order valence-electron chi connectivity index (χ3n) is 5.62. The lowest BCUT2D eigenvalue weighted by atomic mass is 9.95. The number of anilines is 1. The summed E-state index contributed by atoms with van der Waals surface area (Å²) in [4.78, 5) is 27.9. The molecule has 6 heteroatoms. The zero-order valence-electron chi connectivity index (χ0n) is 19.4. The molecule has 0 aromatic heterocycles. The van der Waals surface area contributed by atoms with E-state index in [4.69, 9.17) is 9.47 Å². The maximum Gasteiger partial charge on any atom is 0.300 e. The van der Waals surface area contributed by atoms with Crippen LogP contribution in [0.4, 0.5) is 5.69 Å². The summed E-state index contributed by atoms with van der Waals surface area (Å²) in [6, 6.07) is 22.1. The van der Waals surface area contributed by atoms with E-state index < -0.39 is 17.7 Å². The topological polar surface area (TPSA) is 76.1 Å². The molecule has 1 unspecified atom stereocenters. The van der Waals surface area contributed by atoms with Crippen LogP contribution >= 0.6 is 0 Å². The van der Waals surface area contributed by atoms with E-state index in [2.05, 4.69) is 13.8 Å². The molecule has 0 bridgehead atoms. The van der Waals surface area contributed by atoms with E-state index in [1.165, 1.54) is 4.90 Å². The number of carbonyl (C=O) groups is 2. The molecule has 1 heterocycles. The van der Waals surface area contributed by atoms with Crippen LogP contribution in [0, 0.1) is 5.92 Å². The predicted molar refractivity (Wildman–Crippen MR) is 131 cm³/mol. The second-order valence-corrected chi connectivity index (χ2v) is 8.51. The summed E-state index contributed by atoms with van der Waals surface area (Å²) < 4.78 is 11.0. The number of carbonyl (C=O) groups excluding carboxylic acids is 2. The lowest BCUT2D eigenvalue weighted by Gasteiger charge is -2.25. The first kappa shape index (κ1) is 23.1. The van der Waals surface area contributed by atoms with Gasteiger partial charge in [-0.2, -0.15) is 0 Å². The van der Waals surface area contributed by atoms with Gasteiger partial charge in [-0.15, -0.1) is 0 Å². The number of ketones is 1. The first-order chi connectivity index (χ1) is 16.4. The summed E-state index contributed by atoms with van der Waals surface area (Å²) in [5.41, 5.74) is 1.72. The van der Waals surface area contributed by atoms with Gasteiger partial charge in [0.15, 0.2) is 0 Å². The molecule has 1 aliphatic heterocycles. The Hall–Kier alpha value is -4.06. The highest BCUT2D eigenvalue weighted by Gasteiger charge is 2.46. The lowest BCUT2D eigenvalue weighted by Crippen LogP contribution is -2.29. The summed E-state index contributed by atoms with van der Waals surface area (Å²) in [7, 11) is 1.57. The Kier molecular flexibility index (Phi) is 6.68. The zero-order chi connectivity index (χ0) is 24.2. The number of ether oxygens (including phenoxy) is 2. The van der Waals surface area contributed by atoms with Gasteiger partial charge in [-0.25, -0.2) is 0 Å². The normalized spacial score (nSPS) is 17.3. The molecule has 1 amide bonds. The van der Waals surface area contributed by atoms with Crippen LogP contribution in [0.15, 0.2) is 84.4 Å². The van der Waals surface area contributed by atoms with Crippen molar-refractivity contribution in [2.24, 2.45) is 5.92 Å². The van der Waals surface area contributed by atoms with Crippen molar-refractivity contribution in [2.45, 2.75) is 19.9 Å². The number of rotatable bonds is 7. The number of nitrogens with zero attached hydrogens (tertiary/aromatic N) is 1. The molecule has 4 rings (SSSR count). The van der Waals surface area contributed by atoms with Crippen LogP contribution in [0.1, 0.15) is 31.0 Å². The molecule has 0 saturated carbocycles. The van der Waals surface area contributed by atoms with Crippen LogP contribution in [-0.4, -0.2) is 30.5 Å². The Morgan fingerprint density at radius 2 is 1.53 bits per heavy atom. The number of methoxy groups -OCH3 is 1. The van der Waals surface area contributed by atoms with Crippen molar-refractivity contribution in [3.05, 3.63) is 95.6 Å². The van der Waals surface area contributed by atoms with Crippen LogP contribution in [0.2, 0.25) is 0 Å². The van der Waals surface area contributed by atoms with Gasteiger partial charge >= 0.3 is 0 Å². The molecule has 3 aromatic carbocycles. The van der Waals surface area contributed by atoms with Gasteiger partial charge in [-0.05, 0) is 47.9 Å². The standard InChI is InChI=1S/C28H27NO5/c1-18(2)17-34-23-15-11-21(12-16-23)29-25(19-9-13-22(33-3)14-10-19)24(27(31)28(29)32)26(30)20-7-5-4-6-8-20/h4-16,18,25,30H,17H2,1-3H3/b26-24+. The minimum atomic E-state index is -0.798. The molecule has 0 radical (unpaired) electrons. The molecule has 174 valence electrons. The van der Waals surface area contributed by atoms with Crippen molar-refractivity contribution in [2.75, 3.05) is 18.6 Å². The van der Waals surface area contributed by atoms with Crippen molar-refractivity contribution in [3.8, 4) is 11.5 Å². The highest BCUT2D eigenvalue weighted by atomic mass is 16.5. The molecule has 0 aliphatic carbocycles. The quantitative estimate of drug-likeness (QED) is 0.294. The Morgan fingerprint density at radius 1 is 0.912 bits per heavy atom.